The summed E-state index contributed by atoms with van der Waals surface area (Å²) >= 11 is 0. The van der Waals surface area contributed by atoms with Gasteiger partial charge in [-0.3, -0.25) is 4.79 Å². The van der Waals surface area contributed by atoms with Gasteiger partial charge in [0.2, 0.25) is 5.91 Å². The third kappa shape index (κ3) is 9.32. The lowest BCUT2D eigenvalue weighted by Crippen LogP contribution is -2.20. The number of carbonyl (C=O) groups excluding carboxylic acids is 1. The fourth-order valence-corrected chi connectivity index (χ4v) is 2.21. The molecule has 1 amide bonds. The minimum Gasteiger partial charge on any atom is -0.497 e. The van der Waals surface area contributed by atoms with Gasteiger partial charge < -0.3 is 19.5 Å². The first-order chi connectivity index (χ1) is 14.4. The number of methoxy groups -OCH3 is 1. The molecule has 0 spiro atoms. The molecular weight excluding hydrogens is 432 g/mol. The van der Waals surface area contributed by atoms with Crippen molar-refractivity contribution in [3.05, 3.63) is 54.1 Å². The van der Waals surface area contributed by atoms with Gasteiger partial charge in [-0.25, -0.2) is 0 Å². The number of ether oxygens (including phenoxy) is 3. The molecule has 11 heteroatoms. The summed E-state index contributed by atoms with van der Waals surface area (Å²) in [5, 5.41) is 2.34. The topological polar surface area (TPSA) is 56.8 Å². The summed E-state index contributed by atoms with van der Waals surface area (Å²) in [7, 11) is 1.50. The first-order valence-corrected chi connectivity index (χ1v) is 8.61. The number of hydrogen-bond donors (Lipinski definition) is 1. The third-order valence-corrected chi connectivity index (χ3v) is 3.50. The second-order valence-electron chi connectivity index (χ2n) is 6.10. The van der Waals surface area contributed by atoms with E-state index in [0.717, 1.165) is 24.3 Å². The van der Waals surface area contributed by atoms with Gasteiger partial charge in [0.25, 0.3) is 0 Å². The molecular formula is C20H17F6NO4. The molecule has 0 aliphatic rings. The molecule has 0 aromatic heterocycles. The van der Waals surface area contributed by atoms with E-state index < -0.39 is 43.0 Å². The number of carbonyl (C=O) groups is 1. The molecule has 2 aromatic rings. The van der Waals surface area contributed by atoms with Gasteiger partial charge in [-0.1, -0.05) is 12.1 Å². The molecule has 0 heterocycles. The molecule has 0 saturated heterocycles. The van der Waals surface area contributed by atoms with Crippen LogP contribution in [0.15, 0.2) is 48.5 Å². The Morgan fingerprint density at radius 2 is 1.39 bits per heavy atom. The van der Waals surface area contributed by atoms with E-state index in [1.807, 2.05) is 0 Å². The lowest BCUT2D eigenvalue weighted by molar-refractivity contribution is -0.153. The predicted octanol–water partition coefficient (Wildman–Crippen LogP) is 5.23. The molecule has 0 atom stereocenters. The van der Waals surface area contributed by atoms with E-state index in [1.165, 1.54) is 13.2 Å². The highest BCUT2D eigenvalue weighted by molar-refractivity contribution is 6.02. The van der Waals surface area contributed by atoms with Gasteiger partial charge in [-0.2, -0.15) is 26.3 Å². The molecule has 0 unspecified atom stereocenters. The fourth-order valence-electron chi connectivity index (χ4n) is 2.21. The van der Waals surface area contributed by atoms with Crippen molar-refractivity contribution in [3.63, 3.8) is 0 Å². The Morgan fingerprint density at radius 3 is 1.84 bits per heavy atom. The summed E-state index contributed by atoms with van der Waals surface area (Å²) in [6, 6.07) is 9.62. The standard InChI is InChI=1S/C20H17F6NO4/c1-29-15-5-2-13(3-6-15)4-7-18(28)27-14-8-16(30-11-19(21,22)23)10-17(9-14)31-12-20(24,25)26/h2-10H,11-12H2,1H3,(H,27,28)/b7-4+. The summed E-state index contributed by atoms with van der Waals surface area (Å²) in [5.74, 6) is -0.910. The van der Waals surface area contributed by atoms with Crippen molar-refractivity contribution < 1.29 is 45.3 Å². The molecule has 5 nitrogen and oxygen atoms in total. The van der Waals surface area contributed by atoms with E-state index in [2.05, 4.69) is 14.8 Å². The van der Waals surface area contributed by atoms with Crippen LogP contribution in [0.25, 0.3) is 6.08 Å². The number of alkyl halides is 6. The number of rotatable bonds is 8. The smallest absolute Gasteiger partial charge is 0.422 e. The molecule has 31 heavy (non-hydrogen) atoms. The Labute approximate surface area is 173 Å². The second kappa shape index (κ2) is 10.1. The Kier molecular flexibility index (Phi) is 7.78. The maximum atomic E-state index is 12.4. The normalized spacial score (nSPS) is 12.0. The van der Waals surface area contributed by atoms with Gasteiger partial charge in [0.05, 0.1) is 7.11 Å². The number of halogens is 6. The molecule has 1 N–H and O–H groups in total. The Balaban J connectivity index is 2.13. The Hall–Kier alpha value is -3.37. The highest BCUT2D eigenvalue weighted by Gasteiger charge is 2.30. The van der Waals surface area contributed by atoms with Crippen molar-refractivity contribution >= 4 is 17.7 Å². The summed E-state index contributed by atoms with van der Waals surface area (Å²) in [6.45, 7) is -3.33. The van der Waals surface area contributed by atoms with Crippen LogP contribution in [0.4, 0.5) is 32.0 Å². The quantitative estimate of drug-likeness (QED) is 0.443. The minimum absolute atomic E-state index is 0.110. The summed E-state index contributed by atoms with van der Waals surface area (Å²) in [4.78, 5) is 12.1. The van der Waals surface area contributed by atoms with Crippen LogP contribution < -0.4 is 19.5 Å². The monoisotopic (exact) mass is 449 g/mol. The van der Waals surface area contributed by atoms with E-state index in [1.54, 1.807) is 24.3 Å². The first kappa shape index (κ1) is 23.9. The van der Waals surface area contributed by atoms with Gasteiger partial charge in [0.15, 0.2) is 13.2 Å². The van der Waals surface area contributed by atoms with Gasteiger partial charge in [-0.05, 0) is 23.8 Å². The average molecular weight is 449 g/mol. The largest absolute Gasteiger partial charge is 0.497 e. The zero-order chi connectivity index (χ0) is 23.1. The molecule has 0 bridgehead atoms. The van der Waals surface area contributed by atoms with Crippen LogP contribution in [0.1, 0.15) is 5.56 Å². The first-order valence-electron chi connectivity index (χ1n) is 8.61. The minimum atomic E-state index is -4.66. The molecule has 0 fully saturated rings. The van der Waals surface area contributed by atoms with Crippen LogP contribution in [0.2, 0.25) is 0 Å². The fraction of sp³-hybridized carbons (Fsp3) is 0.250. The number of anilines is 1. The zero-order valence-corrected chi connectivity index (χ0v) is 16.0. The van der Waals surface area contributed by atoms with Crippen LogP contribution in [0, 0.1) is 0 Å². The van der Waals surface area contributed by atoms with E-state index in [0.29, 0.717) is 11.3 Å². The summed E-state index contributed by atoms with van der Waals surface area (Å²) in [5.41, 5.74) is 0.550. The van der Waals surface area contributed by atoms with E-state index in [-0.39, 0.29) is 5.69 Å². The predicted molar refractivity (Wildman–Crippen MR) is 100 cm³/mol. The highest BCUT2D eigenvalue weighted by Crippen LogP contribution is 2.29. The molecule has 0 aliphatic heterocycles. The van der Waals surface area contributed by atoms with Crippen LogP contribution in [-0.2, 0) is 4.79 Å². The number of benzene rings is 2. The third-order valence-electron chi connectivity index (χ3n) is 3.50. The molecule has 0 aliphatic carbocycles. The van der Waals surface area contributed by atoms with E-state index in [4.69, 9.17) is 4.74 Å². The molecule has 2 aromatic carbocycles. The van der Waals surface area contributed by atoms with Gasteiger partial charge in [0, 0.05) is 30.0 Å². The van der Waals surface area contributed by atoms with Crippen LogP contribution in [0.5, 0.6) is 17.2 Å². The lowest BCUT2D eigenvalue weighted by Gasteiger charge is -2.14. The van der Waals surface area contributed by atoms with Gasteiger partial charge in [0.1, 0.15) is 17.2 Å². The maximum absolute atomic E-state index is 12.4. The maximum Gasteiger partial charge on any atom is 0.422 e. The highest BCUT2D eigenvalue weighted by atomic mass is 19.4. The van der Waals surface area contributed by atoms with Crippen molar-refractivity contribution in [1.82, 2.24) is 0 Å². The Bertz CT molecular complexity index is 871. The Morgan fingerprint density at radius 1 is 0.871 bits per heavy atom. The lowest BCUT2D eigenvalue weighted by atomic mass is 10.2. The van der Waals surface area contributed by atoms with Crippen molar-refractivity contribution in [2.24, 2.45) is 0 Å². The number of hydrogen-bond acceptors (Lipinski definition) is 4. The van der Waals surface area contributed by atoms with Crippen molar-refractivity contribution in [3.8, 4) is 17.2 Å². The average Bonchev–Trinajstić information content (AvgIpc) is 2.68. The summed E-state index contributed by atoms with van der Waals surface area (Å²) in [6.07, 6.45) is -6.72. The van der Waals surface area contributed by atoms with Crippen molar-refractivity contribution in [2.45, 2.75) is 12.4 Å². The van der Waals surface area contributed by atoms with Crippen molar-refractivity contribution in [1.29, 1.82) is 0 Å². The molecule has 0 radical (unpaired) electrons. The van der Waals surface area contributed by atoms with Gasteiger partial charge >= 0.3 is 12.4 Å². The number of nitrogens with one attached hydrogen (secondary N) is 1. The molecule has 2 rings (SSSR count). The summed E-state index contributed by atoms with van der Waals surface area (Å²) < 4.78 is 88.4. The van der Waals surface area contributed by atoms with E-state index in [9.17, 15) is 31.1 Å². The zero-order valence-electron chi connectivity index (χ0n) is 16.0. The van der Waals surface area contributed by atoms with E-state index >= 15 is 0 Å². The molecule has 0 saturated carbocycles. The SMILES string of the molecule is COc1ccc(/C=C/C(=O)Nc2cc(OCC(F)(F)F)cc(OCC(F)(F)F)c2)cc1. The van der Waals surface area contributed by atoms with Crippen LogP contribution in [0.3, 0.4) is 0 Å². The van der Waals surface area contributed by atoms with Crippen LogP contribution >= 0.6 is 0 Å². The van der Waals surface area contributed by atoms with Crippen molar-refractivity contribution in [2.75, 3.05) is 25.6 Å². The van der Waals surface area contributed by atoms with Gasteiger partial charge in [-0.15, -0.1) is 0 Å². The molecule has 168 valence electrons. The van der Waals surface area contributed by atoms with Crippen LogP contribution in [-0.4, -0.2) is 38.6 Å². The second-order valence-corrected chi connectivity index (χ2v) is 6.10. The number of amides is 1.